The van der Waals surface area contributed by atoms with Crippen LogP contribution >= 0.6 is 0 Å². The minimum absolute atomic E-state index is 0.175. The van der Waals surface area contributed by atoms with E-state index in [9.17, 15) is 4.79 Å². The summed E-state index contributed by atoms with van der Waals surface area (Å²) in [6.07, 6.45) is 23.9. The number of hydrogen-bond donors (Lipinski definition) is 0. The highest BCUT2D eigenvalue weighted by Crippen LogP contribution is 2.28. The van der Waals surface area contributed by atoms with Crippen molar-refractivity contribution in [2.75, 3.05) is 0 Å². The summed E-state index contributed by atoms with van der Waals surface area (Å²) < 4.78 is 0. The molecular weight excluding hydrogens is 328 g/mol. The highest BCUT2D eigenvalue weighted by molar-refractivity contribution is 5.85. The molecule has 0 aromatic rings. The highest BCUT2D eigenvalue weighted by Gasteiger charge is 2.28. The molecule has 0 bridgehead atoms. The largest absolute Gasteiger partial charge is 0.299 e. The van der Waals surface area contributed by atoms with Gasteiger partial charge in [-0.2, -0.15) is 0 Å². The lowest BCUT2D eigenvalue weighted by molar-refractivity contribution is -0.131. The molecule has 162 valence electrons. The summed E-state index contributed by atoms with van der Waals surface area (Å²) in [6, 6.07) is 0. The van der Waals surface area contributed by atoms with Gasteiger partial charge in [0.05, 0.1) is 0 Å². The van der Waals surface area contributed by atoms with Crippen LogP contribution in [0.15, 0.2) is 0 Å². The second-order valence-corrected chi connectivity index (χ2v) is 9.84. The van der Waals surface area contributed by atoms with E-state index in [1.165, 1.54) is 103 Å². The van der Waals surface area contributed by atoms with Crippen LogP contribution in [0.2, 0.25) is 0 Å². The molecule has 0 rings (SSSR count). The van der Waals surface area contributed by atoms with Crippen LogP contribution in [0.4, 0.5) is 0 Å². The van der Waals surface area contributed by atoms with Gasteiger partial charge in [0.15, 0.2) is 0 Å². The fourth-order valence-electron chi connectivity index (χ4n) is 4.07. The van der Waals surface area contributed by atoms with Crippen molar-refractivity contribution in [1.82, 2.24) is 0 Å². The zero-order valence-electron chi connectivity index (χ0n) is 19.7. The Morgan fingerprint density at radius 1 is 0.556 bits per heavy atom. The summed E-state index contributed by atoms with van der Waals surface area (Å²) in [6.45, 7) is 10.8. The van der Waals surface area contributed by atoms with Gasteiger partial charge in [-0.1, -0.05) is 137 Å². The smallest absolute Gasteiger partial charge is 0.141 e. The lowest BCUT2D eigenvalue weighted by Crippen LogP contribution is -2.28. The first-order valence-electron chi connectivity index (χ1n) is 12.5. The van der Waals surface area contributed by atoms with Crippen LogP contribution in [0.3, 0.4) is 0 Å². The van der Waals surface area contributed by atoms with Crippen LogP contribution in [-0.4, -0.2) is 5.78 Å². The molecular formula is C26H52O. The molecule has 0 aliphatic heterocycles. The molecule has 27 heavy (non-hydrogen) atoms. The first-order chi connectivity index (χ1) is 12.9. The Labute approximate surface area is 172 Å². The van der Waals surface area contributed by atoms with Crippen LogP contribution in [-0.2, 0) is 4.79 Å². The average molecular weight is 381 g/mol. The van der Waals surface area contributed by atoms with Gasteiger partial charge in [-0.3, -0.25) is 4.79 Å². The minimum atomic E-state index is -0.175. The van der Waals surface area contributed by atoms with Gasteiger partial charge in [-0.05, 0) is 12.8 Å². The van der Waals surface area contributed by atoms with E-state index in [-0.39, 0.29) is 5.41 Å². The molecule has 0 heterocycles. The van der Waals surface area contributed by atoms with Gasteiger partial charge < -0.3 is 0 Å². The Balaban J connectivity index is 3.92. The number of rotatable bonds is 19. The van der Waals surface area contributed by atoms with E-state index < -0.39 is 0 Å². The molecule has 0 aromatic heterocycles. The Bertz CT molecular complexity index is 326. The van der Waals surface area contributed by atoms with E-state index in [2.05, 4.69) is 34.6 Å². The monoisotopic (exact) mass is 380 g/mol. The summed E-state index contributed by atoms with van der Waals surface area (Å²) in [4.78, 5) is 12.8. The van der Waals surface area contributed by atoms with Crippen molar-refractivity contribution in [1.29, 1.82) is 0 Å². The molecule has 0 aliphatic carbocycles. The van der Waals surface area contributed by atoms with Gasteiger partial charge in [-0.15, -0.1) is 0 Å². The molecule has 0 radical (unpaired) electrons. The lowest BCUT2D eigenvalue weighted by atomic mass is 9.78. The Morgan fingerprint density at radius 2 is 0.852 bits per heavy atom. The molecule has 0 fully saturated rings. The van der Waals surface area contributed by atoms with Gasteiger partial charge in [0.1, 0.15) is 5.78 Å². The summed E-state index contributed by atoms with van der Waals surface area (Å²) in [5.41, 5.74) is -0.175. The SMILES string of the molecule is CCCCCCCCCCCCC(CCCCCCCC)C(=O)C(C)(C)C. The second-order valence-electron chi connectivity index (χ2n) is 9.84. The van der Waals surface area contributed by atoms with Gasteiger partial charge >= 0.3 is 0 Å². The van der Waals surface area contributed by atoms with Crippen LogP contribution < -0.4 is 0 Å². The second kappa shape index (κ2) is 17.7. The fourth-order valence-corrected chi connectivity index (χ4v) is 4.07. The van der Waals surface area contributed by atoms with Crippen molar-refractivity contribution in [3.8, 4) is 0 Å². The van der Waals surface area contributed by atoms with Crippen molar-refractivity contribution in [2.24, 2.45) is 11.3 Å². The number of unbranched alkanes of at least 4 members (excludes halogenated alkanes) is 14. The van der Waals surface area contributed by atoms with E-state index in [0.29, 0.717) is 11.7 Å². The number of carbonyl (C=O) groups excluding carboxylic acids is 1. The van der Waals surface area contributed by atoms with Crippen molar-refractivity contribution >= 4 is 5.78 Å². The maximum Gasteiger partial charge on any atom is 0.141 e. The lowest BCUT2D eigenvalue weighted by Gasteiger charge is -2.25. The number of Topliss-reactive ketones (excluding diaryl/α,β-unsaturated/α-hetero) is 1. The molecule has 0 aromatic carbocycles. The van der Waals surface area contributed by atoms with Crippen LogP contribution in [0.5, 0.6) is 0 Å². The predicted octanol–water partition coefficient (Wildman–Crippen LogP) is 9.28. The highest BCUT2D eigenvalue weighted by atomic mass is 16.1. The van der Waals surface area contributed by atoms with Crippen molar-refractivity contribution in [3.05, 3.63) is 0 Å². The number of ketones is 1. The third kappa shape index (κ3) is 16.3. The van der Waals surface area contributed by atoms with E-state index in [1.54, 1.807) is 0 Å². The van der Waals surface area contributed by atoms with E-state index >= 15 is 0 Å². The third-order valence-corrected chi connectivity index (χ3v) is 5.92. The molecule has 1 heteroatoms. The summed E-state index contributed by atoms with van der Waals surface area (Å²) in [7, 11) is 0. The summed E-state index contributed by atoms with van der Waals surface area (Å²) >= 11 is 0. The molecule has 0 saturated carbocycles. The van der Waals surface area contributed by atoms with Gasteiger partial charge in [-0.25, -0.2) is 0 Å². The first-order valence-corrected chi connectivity index (χ1v) is 12.5. The summed E-state index contributed by atoms with van der Waals surface area (Å²) in [5, 5.41) is 0. The molecule has 0 amide bonds. The van der Waals surface area contributed by atoms with Crippen molar-refractivity contribution in [2.45, 2.75) is 150 Å². The molecule has 1 nitrogen and oxygen atoms in total. The topological polar surface area (TPSA) is 17.1 Å². The van der Waals surface area contributed by atoms with E-state index in [4.69, 9.17) is 0 Å². The average Bonchev–Trinajstić information content (AvgIpc) is 2.63. The van der Waals surface area contributed by atoms with Crippen LogP contribution in [0.25, 0.3) is 0 Å². The van der Waals surface area contributed by atoms with Gasteiger partial charge in [0.2, 0.25) is 0 Å². The summed E-state index contributed by atoms with van der Waals surface area (Å²) in [5.74, 6) is 0.817. The van der Waals surface area contributed by atoms with Gasteiger partial charge in [0, 0.05) is 11.3 Å². The van der Waals surface area contributed by atoms with Crippen LogP contribution in [0.1, 0.15) is 150 Å². The van der Waals surface area contributed by atoms with Crippen LogP contribution in [0, 0.1) is 11.3 Å². The molecule has 1 unspecified atom stereocenters. The number of hydrogen-bond acceptors (Lipinski definition) is 1. The zero-order valence-corrected chi connectivity index (χ0v) is 19.7. The van der Waals surface area contributed by atoms with Gasteiger partial charge in [0.25, 0.3) is 0 Å². The van der Waals surface area contributed by atoms with E-state index in [1.807, 2.05) is 0 Å². The van der Waals surface area contributed by atoms with Crippen molar-refractivity contribution < 1.29 is 4.79 Å². The molecule has 0 N–H and O–H groups in total. The van der Waals surface area contributed by atoms with E-state index in [0.717, 1.165) is 12.8 Å². The predicted molar refractivity (Wildman–Crippen MR) is 122 cm³/mol. The fraction of sp³-hybridized carbons (Fsp3) is 0.962. The minimum Gasteiger partial charge on any atom is -0.299 e. The molecule has 0 saturated heterocycles. The standard InChI is InChI=1S/C26H52O/c1-6-8-10-12-14-15-16-17-19-21-23-24(25(27)26(3,4)5)22-20-18-13-11-9-7-2/h24H,6-23H2,1-5H3. The molecule has 0 aliphatic rings. The number of carbonyl (C=O) groups is 1. The quantitative estimate of drug-likeness (QED) is 0.204. The maximum atomic E-state index is 12.8. The Morgan fingerprint density at radius 3 is 1.15 bits per heavy atom. The zero-order chi connectivity index (χ0) is 20.4. The molecule has 0 spiro atoms. The Hall–Kier alpha value is -0.330. The third-order valence-electron chi connectivity index (χ3n) is 5.92. The van der Waals surface area contributed by atoms with Crippen molar-refractivity contribution in [3.63, 3.8) is 0 Å². The normalized spacial score (nSPS) is 13.1. The molecule has 1 atom stereocenters. The first kappa shape index (κ1) is 26.7. The Kier molecular flexibility index (Phi) is 17.5. The maximum absolute atomic E-state index is 12.8.